The van der Waals surface area contributed by atoms with Crippen molar-refractivity contribution >= 4 is 16.7 Å². The summed E-state index contributed by atoms with van der Waals surface area (Å²) in [4.78, 5) is 10.4. The van der Waals surface area contributed by atoms with E-state index in [2.05, 4.69) is 15.3 Å². The zero-order chi connectivity index (χ0) is 29.6. The third-order valence-electron chi connectivity index (χ3n) is 7.12. The van der Waals surface area contributed by atoms with E-state index in [0.717, 1.165) is 19.9 Å². The van der Waals surface area contributed by atoms with Gasteiger partial charge in [-0.05, 0) is 46.9 Å². The van der Waals surface area contributed by atoms with Crippen LogP contribution in [0, 0.1) is 12.7 Å². The van der Waals surface area contributed by atoms with Gasteiger partial charge in [-0.3, -0.25) is 4.90 Å². The van der Waals surface area contributed by atoms with Crippen LogP contribution >= 0.6 is 0 Å². The molecule has 0 amide bonds. The molecule has 1 fully saturated rings. The molecule has 2 atom stereocenters. The van der Waals surface area contributed by atoms with E-state index in [9.17, 15) is 22.7 Å². The zero-order valence-electron chi connectivity index (χ0n) is 23.2. The Bertz CT molecular complexity index is 1400. The van der Waals surface area contributed by atoms with Gasteiger partial charge in [0.15, 0.2) is 11.5 Å². The first-order chi connectivity index (χ1) is 18.5. The summed E-state index contributed by atoms with van der Waals surface area (Å²) in [7, 11) is 3.05. The van der Waals surface area contributed by atoms with Crippen molar-refractivity contribution in [1.29, 1.82) is 0 Å². The minimum atomic E-state index is -3.84. The van der Waals surface area contributed by atoms with E-state index >= 15 is 4.39 Å². The third kappa shape index (κ3) is 5.78. The van der Waals surface area contributed by atoms with Crippen molar-refractivity contribution in [2.45, 2.75) is 63.6 Å². The van der Waals surface area contributed by atoms with Crippen LogP contribution in [0.3, 0.4) is 0 Å². The summed E-state index contributed by atoms with van der Waals surface area (Å²) in [6.07, 6.45) is -0.330. The number of likely N-dealkylation sites (tertiary alicyclic amines) is 1. The lowest BCUT2D eigenvalue weighted by atomic mass is 9.91. The number of benzene rings is 2. The number of ether oxygens (including phenoxy) is 2. The number of likely N-dealkylation sites (N-methyl/N-ethyl adjacent to an activating group) is 1. The molecule has 2 heterocycles. The number of aliphatic hydroxyl groups is 1. The molecule has 0 saturated carbocycles. The number of hydrogen-bond acceptors (Lipinski definition) is 7. The molecule has 0 aliphatic carbocycles. The Hall–Kier alpha value is -3.25. The van der Waals surface area contributed by atoms with Gasteiger partial charge in [-0.2, -0.15) is 8.78 Å². The van der Waals surface area contributed by atoms with E-state index in [1.165, 1.54) is 19.2 Å². The van der Waals surface area contributed by atoms with Gasteiger partial charge in [-0.15, -0.1) is 0 Å². The molecule has 0 bridgehead atoms. The lowest BCUT2D eigenvalue weighted by Gasteiger charge is -2.30. The van der Waals surface area contributed by atoms with Gasteiger partial charge in [0.25, 0.3) is 5.92 Å². The Morgan fingerprint density at radius 1 is 1.20 bits per heavy atom. The highest BCUT2D eigenvalue weighted by Gasteiger charge is 2.49. The fourth-order valence-electron chi connectivity index (χ4n) is 4.81. The third-order valence-corrected chi connectivity index (χ3v) is 7.12. The molecule has 0 spiro atoms. The van der Waals surface area contributed by atoms with E-state index in [-0.39, 0.29) is 36.7 Å². The number of aromatic nitrogens is 2. The average Bonchev–Trinajstić information content (AvgIpc) is 3.12. The first kappa shape index (κ1) is 29.7. The van der Waals surface area contributed by atoms with Crippen molar-refractivity contribution in [2.75, 3.05) is 32.6 Å². The summed E-state index contributed by atoms with van der Waals surface area (Å²) in [5, 5.41) is 13.5. The average molecular weight is 569 g/mol. The number of nitrogens with one attached hydrogen (secondary N) is 1. The molecule has 0 radical (unpaired) electrons. The fourth-order valence-corrected chi connectivity index (χ4v) is 4.81. The monoisotopic (exact) mass is 568 g/mol. The summed E-state index contributed by atoms with van der Waals surface area (Å²) in [5.74, 6) is -6.50. The zero-order valence-corrected chi connectivity index (χ0v) is 23.2. The van der Waals surface area contributed by atoms with E-state index in [4.69, 9.17) is 9.47 Å². The Labute approximate surface area is 229 Å². The second-order valence-electron chi connectivity index (χ2n) is 10.8. The number of alkyl halides is 4. The maximum atomic E-state index is 15.4. The van der Waals surface area contributed by atoms with Gasteiger partial charge >= 0.3 is 5.92 Å². The van der Waals surface area contributed by atoms with Crippen LogP contribution in [-0.2, 0) is 5.92 Å². The predicted octanol–water partition coefficient (Wildman–Crippen LogP) is 5.84. The van der Waals surface area contributed by atoms with Crippen LogP contribution < -0.4 is 14.8 Å². The Kier molecular flexibility index (Phi) is 7.89. The van der Waals surface area contributed by atoms with Crippen molar-refractivity contribution in [3.63, 3.8) is 0 Å². The van der Waals surface area contributed by atoms with Gasteiger partial charge in [0.1, 0.15) is 29.7 Å². The van der Waals surface area contributed by atoms with E-state index in [1.807, 2.05) is 0 Å². The van der Waals surface area contributed by atoms with Crippen molar-refractivity contribution in [3.8, 4) is 11.5 Å². The van der Waals surface area contributed by atoms with Gasteiger partial charge in [0.2, 0.25) is 0 Å². The summed E-state index contributed by atoms with van der Waals surface area (Å²) >= 11 is 0. The first-order valence-corrected chi connectivity index (χ1v) is 12.8. The molecule has 1 aromatic heterocycles. The summed E-state index contributed by atoms with van der Waals surface area (Å²) in [6, 6.07) is 5.52. The maximum Gasteiger partial charge on any atom is 0.303 e. The highest BCUT2D eigenvalue weighted by Crippen LogP contribution is 2.42. The molecular formula is C28H33F5N4O3. The number of hydrogen-bond donors (Lipinski definition) is 2. The van der Waals surface area contributed by atoms with Crippen molar-refractivity contribution in [3.05, 3.63) is 53.1 Å². The predicted molar refractivity (Wildman–Crippen MR) is 141 cm³/mol. The number of nitrogens with zero attached hydrogens (tertiary/aromatic N) is 3. The van der Waals surface area contributed by atoms with Crippen LogP contribution in [0.25, 0.3) is 10.9 Å². The maximum absolute atomic E-state index is 15.4. The van der Waals surface area contributed by atoms with Crippen LogP contribution in [0.4, 0.5) is 27.8 Å². The standard InChI is InChI=1S/C28H33F5N4O3/c1-15(18-8-7-9-20(24(18)29)28(32,33)26(3,4)38)34-25-19-10-23(22(39-6)11-21(19)35-16(2)36-25)40-13-17-12-27(30,31)14-37(17)5/h7-11,15,17,38H,12-14H2,1-6H3,(H,34,35,36)/t15-,17+/m1/s1. The van der Waals surface area contributed by atoms with E-state index in [0.29, 0.717) is 22.5 Å². The molecular weight excluding hydrogens is 535 g/mol. The Morgan fingerprint density at radius 3 is 2.50 bits per heavy atom. The highest BCUT2D eigenvalue weighted by molar-refractivity contribution is 5.92. The SMILES string of the molecule is COc1cc2nc(C)nc(N[C@H](C)c3cccc(C(F)(F)C(C)(C)O)c3F)c2cc1OC[C@@H]1CC(F)(F)CN1C. The van der Waals surface area contributed by atoms with E-state index in [1.54, 1.807) is 37.9 Å². The molecule has 1 aliphatic rings. The number of halogens is 5. The number of methoxy groups -OCH3 is 1. The van der Waals surface area contributed by atoms with Crippen LogP contribution in [0.15, 0.2) is 30.3 Å². The van der Waals surface area contributed by atoms with Gasteiger partial charge < -0.3 is 19.9 Å². The summed E-state index contributed by atoms with van der Waals surface area (Å²) < 4.78 is 84.0. The second-order valence-corrected chi connectivity index (χ2v) is 10.8. The van der Waals surface area contributed by atoms with Gasteiger partial charge in [0, 0.05) is 29.5 Å². The van der Waals surface area contributed by atoms with Crippen molar-refractivity contribution in [1.82, 2.24) is 14.9 Å². The molecule has 12 heteroatoms. The van der Waals surface area contributed by atoms with Crippen LogP contribution in [0.1, 0.15) is 50.2 Å². The molecule has 0 unspecified atom stereocenters. The highest BCUT2D eigenvalue weighted by atomic mass is 19.3. The molecule has 3 aromatic rings. The molecule has 1 saturated heterocycles. The first-order valence-electron chi connectivity index (χ1n) is 12.8. The molecule has 4 rings (SSSR count). The van der Waals surface area contributed by atoms with E-state index < -0.39 is 40.9 Å². The Morgan fingerprint density at radius 2 is 1.90 bits per heavy atom. The van der Waals surface area contributed by atoms with Gasteiger partial charge in [-0.25, -0.2) is 23.1 Å². The number of rotatable bonds is 9. The second kappa shape index (κ2) is 10.6. The largest absolute Gasteiger partial charge is 0.493 e. The lowest BCUT2D eigenvalue weighted by Crippen LogP contribution is -2.41. The minimum absolute atomic E-state index is 0.00669. The fraction of sp³-hybridized carbons (Fsp3) is 0.500. The number of anilines is 1. The topological polar surface area (TPSA) is 79.7 Å². The summed E-state index contributed by atoms with van der Waals surface area (Å²) in [6.45, 7) is 4.72. The van der Waals surface area contributed by atoms with Gasteiger partial charge in [0.05, 0.1) is 30.8 Å². The molecule has 218 valence electrons. The van der Waals surface area contributed by atoms with Crippen LogP contribution in [-0.4, -0.2) is 64.8 Å². The summed E-state index contributed by atoms with van der Waals surface area (Å²) in [5.41, 5.74) is -2.99. The van der Waals surface area contributed by atoms with Crippen LogP contribution in [0.2, 0.25) is 0 Å². The molecule has 40 heavy (non-hydrogen) atoms. The number of aryl methyl sites for hydroxylation is 1. The van der Waals surface area contributed by atoms with Crippen molar-refractivity contribution in [2.24, 2.45) is 0 Å². The van der Waals surface area contributed by atoms with Crippen molar-refractivity contribution < 1.29 is 36.5 Å². The molecule has 2 aromatic carbocycles. The van der Waals surface area contributed by atoms with Gasteiger partial charge in [-0.1, -0.05) is 12.1 Å². The molecule has 2 N–H and O–H groups in total. The Balaban J connectivity index is 1.67. The minimum Gasteiger partial charge on any atom is -0.493 e. The quantitative estimate of drug-likeness (QED) is 0.314. The molecule has 1 aliphatic heterocycles. The normalized spacial score (nSPS) is 18.6. The number of fused-ring (bicyclic) bond motifs is 1. The molecule has 7 nitrogen and oxygen atoms in total. The smallest absolute Gasteiger partial charge is 0.303 e. The lowest BCUT2D eigenvalue weighted by molar-refractivity contribution is -0.170. The van der Waals surface area contributed by atoms with Crippen LogP contribution in [0.5, 0.6) is 11.5 Å².